The fourth-order valence-corrected chi connectivity index (χ4v) is 5.61. The average molecular weight is 536 g/mol. The normalized spacial score (nSPS) is 17.2. The third kappa shape index (κ3) is 4.20. The second-order valence-corrected chi connectivity index (χ2v) is 10.4. The number of nitrogens with zero attached hydrogens (tertiary/aromatic N) is 5. The van der Waals surface area contributed by atoms with Crippen LogP contribution in [0, 0.1) is 0 Å². The number of hydrogen-bond acceptors (Lipinski definition) is 4. The molecule has 10 heteroatoms. The van der Waals surface area contributed by atoms with Crippen molar-refractivity contribution in [2.24, 2.45) is 0 Å². The van der Waals surface area contributed by atoms with Gasteiger partial charge in [0.15, 0.2) is 0 Å². The van der Waals surface area contributed by atoms with Gasteiger partial charge < -0.3 is 10.0 Å². The quantitative estimate of drug-likeness (QED) is 0.335. The molecule has 1 N–H and O–H groups in total. The second-order valence-electron chi connectivity index (χ2n) is 9.54. The molecule has 188 valence electrons. The van der Waals surface area contributed by atoms with Crippen LogP contribution in [0.3, 0.4) is 0 Å². The van der Waals surface area contributed by atoms with Gasteiger partial charge in [-0.3, -0.25) is 19.4 Å². The summed E-state index contributed by atoms with van der Waals surface area (Å²) in [6.45, 7) is 1.98. The highest BCUT2D eigenvalue weighted by Gasteiger charge is 2.35. The molecule has 0 radical (unpaired) electrons. The molecule has 1 aliphatic heterocycles. The lowest BCUT2D eigenvalue weighted by atomic mass is 10.0. The molecule has 0 unspecified atom stereocenters. The van der Waals surface area contributed by atoms with E-state index in [0.29, 0.717) is 38.5 Å². The lowest BCUT2D eigenvalue weighted by Crippen LogP contribution is -2.52. The summed E-state index contributed by atoms with van der Waals surface area (Å²) < 4.78 is 1.95. The first-order valence-electron chi connectivity index (χ1n) is 12.0. The molecule has 4 aromatic rings. The van der Waals surface area contributed by atoms with E-state index in [1.54, 1.807) is 29.4 Å². The number of amides is 2. The Bertz CT molecular complexity index is 1570. The van der Waals surface area contributed by atoms with Crippen LogP contribution in [0.15, 0.2) is 55.0 Å². The molecule has 37 heavy (non-hydrogen) atoms. The minimum absolute atomic E-state index is 0.00369. The van der Waals surface area contributed by atoms with Crippen molar-refractivity contribution in [1.29, 1.82) is 0 Å². The maximum atomic E-state index is 13.8. The first kappa shape index (κ1) is 23.8. The maximum Gasteiger partial charge on any atom is 0.411 e. The number of anilines is 2. The lowest BCUT2D eigenvalue weighted by Gasteiger charge is -2.40. The van der Waals surface area contributed by atoms with Crippen LogP contribution in [0.4, 0.5) is 16.2 Å². The minimum Gasteiger partial charge on any atom is -0.465 e. The zero-order valence-electron chi connectivity index (χ0n) is 19.9. The van der Waals surface area contributed by atoms with Crippen LogP contribution >= 0.6 is 23.2 Å². The number of benzene rings is 2. The number of hydrogen-bond donors (Lipinski definition) is 1. The lowest BCUT2D eigenvalue weighted by molar-refractivity contribution is -0.118. The van der Waals surface area contributed by atoms with Gasteiger partial charge in [0, 0.05) is 40.5 Å². The topological polar surface area (TPSA) is 91.6 Å². The van der Waals surface area contributed by atoms with Crippen LogP contribution in [-0.4, -0.2) is 44.5 Å². The van der Waals surface area contributed by atoms with Crippen molar-refractivity contribution in [3.63, 3.8) is 0 Å². The second kappa shape index (κ2) is 9.04. The number of carbonyl (C=O) groups is 2. The largest absolute Gasteiger partial charge is 0.465 e. The Morgan fingerprint density at radius 3 is 2.65 bits per heavy atom. The van der Waals surface area contributed by atoms with E-state index in [1.165, 1.54) is 4.90 Å². The highest BCUT2D eigenvalue weighted by Crippen LogP contribution is 2.41. The van der Waals surface area contributed by atoms with Crippen molar-refractivity contribution in [1.82, 2.24) is 14.8 Å². The number of carboxylic acid groups (broad SMARTS) is 1. The van der Waals surface area contributed by atoms with Crippen LogP contribution in [0.2, 0.25) is 10.0 Å². The van der Waals surface area contributed by atoms with E-state index in [2.05, 4.69) is 10.1 Å². The maximum absolute atomic E-state index is 13.8. The molecule has 1 fully saturated rings. The summed E-state index contributed by atoms with van der Waals surface area (Å²) in [6.07, 6.45) is 6.59. The predicted octanol–water partition coefficient (Wildman–Crippen LogP) is 6.20. The van der Waals surface area contributed by atoms with E-state index in [9.17, 15) is 14.7 Å². The molecular weight excluding hydrogens is 513 g/mol. The number of rotatable bonds is 4. The van der Waals surface area contributed by atoms with Gasteiger partial charge in [0.2, 0.25) is 5.91 Å². The molecule has 1 saturated carbocycles. The van der Waals surface area contributed by atoms with Crippen molar-refractivity contribution >= 4 is 57.5 Å². The Morgan fingerprint density at radius 1 is 1.08 bits per heavy atom. The van der Waals surface area contributed by atoms with Crippen molar-refractivity contribution in [2.45, 2.75) is 38.3 Å². The molecule has 6 rings (SSSR count). The van der Waals surface area contributed by atoms with E-state index in [0.717, 1.165) is 29.4 Å². The van der Waals surface area contributed by atoms with E-state index >= 15 is 0 Å². The molecule has 1 atom stereocenters. The summed E-state index contributed by atoms with van der Waals surface area (Å²) in [7, 11) is 0. The third-order valence-electron chi connectivity index (χ3n) is 6.99. The van der Waals surface area contributed by atoms with Crippen molar-refractivity contribution in [2.75, 3.05) is 16.3 Å². The minimum atomic E-state index is -1.07. The summed E-state index contributed by atoms with van der Waals surface area (Å²) in [4.78, 5) is 33.3. The van der Waals surface area contributed by atoms with Crippen LogP contribution in [0.25, 0.3) is 22.0 Å². The molecule has 0 spiro atoms. The van der Waals surface area contributed by atoms with E-state index in [1.807, 2.05) is 42.1 Å². The molecule has 2 aliphatic rings. The number of carbonyl (C=O) groups excluding carboxylic acids is 1. The van der Waals surface area contributed by atoms with E-state index < -0.39 is 6.09 Å². The molecular formula is C27H23Cl2N5O3. The highest BCUT2D eigenvalue weighted by atomic mass is 35.5. The molecule has 8 nitrogen and oxygen atoms in total. The third-order valence-corrected chi connectivity index (χ3v) is 7.64. The molecule has 1 aliphatic carbocycles. The Hall–Kier alpha value is -3.62. The van der Waals surface area contributed by atoms with Gasteiger partial charge in [0.25, 0.3) is 0 Å². The van der Waals surface area contributed by atoms with Gasteiger partial charge in [-0.15, -0.1) is 0 Å². The highest BCUT2D eigenvalue weighted by molar-refractivity contribution is 6.39. The number of pyridine rings is 1. The molecule has 2 aromatic carbocycles. The van der Waals surface area contributed by atoms with Gasteiger partial charge in [-0.2, -0.15) is 5.10 Å². The Kier molecular flexibility index (Phi) is 5.81. The van der Waals surface area contributed by atoms with Crippen molar-refractivity contribution < 1.29 is 14.7 Å². The van der Waals surface area contributed by atoms with Gasteiger partial charge in [-0.1, -0.05) is 29.3 Å². The fourth-order valence-electron chi connectivity index (χ4n) is 5.02. The van der Waals surface area contributed by atoms with Crippen molar-refractivity contribution in [3.8, 4) is 11.1 Å². The van der Waals surface area contributed by atoms with E-state index in [4.69, 9.17) is 23.2 Å². The van der Waals surface area contributed by atoms with Crippen LogP contribution < -0.4 is 9.80 Å². The van der Waals surface area contributed by atoms with Gasteiger partial charge in [-0.25, -0.2) is 4.79 Å². The SMILES string of the molecule is C[C@H]1CN(C(=O)O)c2cc(-c3cnn(C4CC4)c3)ccc2N1C(=O)Cc1c(Cl)cc(Cl)c2cccnc12. The molecule has 0 bridgehead atoms. The van der Waals surface area contributed by atoms with Crippen LogP contribution in [0.5, 0.6) is 0 Å². The summed E-state index contributed by atoms with van der Waals surface area (Å²) in [5.41, 5.74) is 3.91. The molecule has 2 aromatic heterocycles. The smallest absolute Gasteiger partial charge is 0.411 e. The number of halogens is 2. The van der Waals surface area contributed by atoms with Gasteiger partial charge in [0.05, 0.1) is 46.6 Å². The van der Waals surface area contributed by atoms with Gasteiger partial charge in [0.1, 0.15) is 0 Å². The zero-order valence-corrected chi connectivity index (χ0v) is 21.4. The van der Waals surface area contributed by atoms with E-state index in [-0.39, 0.29) is 24.9 Å². The molecule has 3 heterocycles. The Morgan fingerprint density at radius 2 is 1.89 bits per heavy atom. The Labute approximate surface area is 223 Å². The summed E-state index contributed by atoms with van der Waals surface area (Å²) in [5, 5.41) is 16.0. The first-order chi connectivity index (χ1) is 17.8. The summed E-state index contributed by atoms with van der Waals surface area (Å²) in [5.74, 6) is -0.204. The average Bonchev–Trinajstić information content (AvgIpc) is 3.61. The number of aromatic nitrogens is 3. The standard InChI is InChI=1S/C27H23Cl2N5O3/c1-15-13-32(27(36)37)24-9-16(17-12-31-33(14-17)18-5-6-18)4-7-23(24)34(15)25(35)10-20-22(29)11-21(28)19-3-2-8-30-26(19)20/h2-4,7-9,11-12,14-15,18H,5-6,10,13H2,1H3,(H,36,37)/t15-/m0/s1. The van der Waals surface area contributed by atoms with Gasteiger partial charge in [-0.05, 0) is 55.7 Å². The summed E-state index contributed by atoms with van der Waals surface area (Å²) in [6, 6.07) is 10.8. The van der Waals surface area contributed by atoms with Crippen LogP contribution in [0.1, 0.15) is 31.4 Å². The zero-order chi connectivity index (χ0) is 25.8. The molecule has 2 amide bonds. The monoisotopic (exact) mass is 535 g/mol. The molecule has 0 saturated heterocycles. The first-order valence-corrected chi connectivity index (χ1v) is 12.8. The summed E-state index contributed by atoms with van der Waals surface area (Å²) >= 11 is 12.9. The number of fused-ring (bicyclic) bond motifs is 2. The fraction of sp³-hybridized carbons (Fsp3) is 0.259. The van der Waals surface area contributed by atoms with Gasteiger partial charge >= 0.3 is 6.09 Å². The Balaban J connectivity index is 1.39. The van der Waals surface area contributed by atoms with Crippen molar-refractivity contribution in [3.05, 3.63) is 70.6 Å². The predicted molar refractivity (Wildman–Crippen MR) is 144 cm³/mol. The van der Waals surface area contributed by atoms with Crippen LogP contribution in [-0.2, 0) is 11.2 Å².